The Labute approximate surface area is 109 Å². The lowest BCUT2D eigenvalue weighted by Crippen LogP contribution is -1.99. The molecular weight excluding hydrogens is 242 g/mol. The Hall–Kier alpha value is -2.59. The molecule has 0 saturated carbocycles. The molecule has 0 saturated heterocycles. The van der Waals surface area contributed by atoms with Gasteiger partial charge in [0.25, 0.3) is 0 Å². The van der Waals surface area contributed by atoms with Gasteiger partial charge in [0, 0.05) is 17.7 Å². The van der Waals surface area contributed by atoms with E-state index in [1.54, 1.807) is 6.07 Å². The lowest BCUT2D eigenvalue weighted by molar-refractivity contribution is 0.474. The fourth-order valence-corrected chi connectivity index (χ4v) is 1.89. The van der Waals surface area contributed by atoms with Crippen LogP contribution in [0, 0.1) is 0 Å². The summed E-state index contributed by atoms with van der Waals surface area (Å²) in [5.74, 6) is 0.578. The van der Waals surface area contributed by atoms with Crippen molar-refractivity contribution in [2.75, 3.05) is 0 Å². The summed E-state index contributed by atoms with van der Waals surface area (Å²) < 4.78 is 5.65. The first-order valence-electron chi connectivity index (χ1n) is 5.56. The van der Waals surface area contributed by atoms with E-state index in [9.17, 15) is 9.90 Å². The van der Waals surface area contributed by atoms with E-state index in [1.807, 2.05) is 30.3 Å². The average Bonchev–Trinajstić information content (AvgIpc) is 2.39. The summed E-state index contributed by atoms with van der Waals surface area (Å²) in [6, 6.07) is 15.3. The van der Waals surface area contributed by atoms with Crippen LogP contribution in [0.1, 0.15) is 0 Å². The minimum Gasteiger partial charge on any atom is -0.508 e. The highest BCUT2D eigenvalue weighted by Crippen LogP contribution is 2.23. The molecule has 4 heteroatoms. The van der Waals surface area contributed by atoms with Crippen molar-refractivity contribution in [1.29, 1.82) is 0 Å². The SMILES string of the molecule is N.O=c1cc(-c2ccccc2)oc2cc(O)ccc12. The molecule has 0 radical (unpaired) electrons. The molecule has 0 aliphatic heterocycles. The Morgan fingerprint density at radius 2 is 1.68 bits per heavy atom. The number of hydrogen-bond donors (Lipinski definition) is 2. The summed E-state index contributed by atoms with van der Waals surface area (Å²) in [5, 5.41) is 9.89. The Bertz CT molecular complexity index is 763. The Morgan fingerprint density at radius 1 is 0.947 bits per heavy atom. The third-order valence-electron chi connectivity index (χ3n) is 2.77. The Morgan fingerprint density at radius 3 is 2.42 bits per heavy atom. The fraction of sp³-hybridized carbons (Fsp3) is 0. The third kappa shape index (κ3) is 2.34. The van der Waals surface area contributed by atoms with E-state index < -0.39 is 0 Å². The molecule has 0 aliphatic carbocycles. The summed E-state index contributed by atoms with van der Waals surface area (Å²) in [5.41, 5.74) is 1.11. The van der Waals surface area contributed by atoms with E-state index in [4.69, 9.17) is 4.42 Å². The van der Waals surface area contributed by atoms with E-state index in [1.165, 1.54) is 18.2 Å². The lowest BCUT2D eigenvalue weighted by atomic mass is 10.1. The maximum absolute atomic E-state index is 11.9. The zero-order valence-electron chi connectivity index (χ0n) is 10.2. The van der Waals surface area contributed by atoms with Crippen molar-refractivity contribution in [2.24, 2.45) is 0 Å². The molecule has 3 aromatic rings. The van der Waals surface area contributed by atoms with Gasteiger partial charge in [0.15, 0.2) is 5.43 Å². The molecule has 1 aromatic heterocycles. The second-order valence-electron chi connectivity index (χ2n) is 4.02. The van der Waals surface area contributed by atoms with Crippen LogP contribution in [-0.2, 0) is 0 Å². The molecule has 4 N–H and O–H groups in total. The van der Waals surface area contributed by atoms with E-state index in [0.29, 0.717) is 16.7 Å². The lowest BCUT2D eigenvalue weighted by Gasteiger charge is -2.03. The summed E-state index contributed by atoms with van der Waals surface area (Å²) in [7, 11) is 0. The maximum Gasteiger partial charge on any atom is 0.193 e. The van der Waals surface area contributed by atoms with Gasteiger partial charge in [0.1, 0.15) is 17.1 Å². The van der Waals surface area contributed by atoms with Crippen LogP contribution in [0.25, 0.3) is 22.3 Å². The van der Waals surface area contributed by atoms with Gasteiger partial charge in [-0.1, -0.05) is 30.3 Å². The second-order valence-corrected chi connectivity index (χ2v) is 4.02. The van der Waals surface area contributed by atoms with Crippen molar-refractivity contribution in [1.82, 2.24) is 6.15 Å². The molecule has 19 heavy (non-hydrogen) atoms. The first-order chi connectivity index (χ1) is 8.74. The molecule has 0 amide bonds. The van der Waals surface area contributed by atoms with Crippen LogP contribution in [0.3, 0.4) is 0 Å². The monoisotopic (exact) mass is 255 g/mol. The smallest absolute Gasteiger partial charge is 0.193 e. The topological polar surface area (TPSA) is 85.4 Å². The predicted molar refractivity (Wildman–Crippen MR) is 74.6 cm³/mol. The first kappa shape index (κ1) is 12.9. The van der Waals surface area contributed by atoms with Gasteiger partial charge in [0.05, 0.1) is 5.39 Å². The third-order valence-corrected chi connectivity index (χ3v) is 2.77. The molecule has 0 unspecified atom stereocenters. The van der Waals surface area contributed by atoms with E-state index in [-0.39, 0.29) is 17.3 Å². The molecular formula is C15H13NO3. The second kappa shape index (κ2) is 4.96. The average molecular weight is 255 g/mol. The van der Waals surface area contributed by atoms with Gasteiger partial charge in [-0.2, -0.15) is 0 Å². The summed E-state index contributed by atoms with van der Waals surface area (Å²) in [6.07, 6.45) is 0. The highest BCUT2D eigenvalue weighted by molar-refractivity contribution is 5.79. The molecule has 3 rings (SSSR count). The van der Waals surface area contributed by atoms with Gasteiger partial charge in [0.2, 0.25) is 0 Å². The number of phenolic OH excluding ortho intramolecular Hbond substituents is 1. The fourth-order valence-electron chi connectivity index (χ4n) is 1.89. The Kier molecular flexibility index (Phi) is 3.35. The van der Waals surface area contributed by atoms with E-state index in [2.05, 4.69) is 0 Å². The quantitative estimate of drug-likeness (QED) is 0.698. The van der Waals surface area contributed by atoms with Crippen molar-refractivity contribution in [2.45, 2.75) is 0 Å². The molecule has 0 spiro atoms. The number of rotatable bonds is 1. The van der Waals surface area contributed by atoms with Crippen LogP contribution in [0.5, 0.6) is 5.75 Å². The molecule has 2 aromatic carbocycles. The largest absolute Gasteiger partial charge is 0.508 e. The van der Waals surface area contributed by atoms with Gasteiger partial charge in [-0.15, -0.1) is 0 Å². The number of hydrogen-bond acceptors (Lipinski definition) is 4. The van der Waals surface area contributed by atoms with Gasteiger partial charge in [-0.05, 0) is 12.1 Å². The van der Waals surface area contributed by atoms with Gasteiger partial charge in [-0.3, -0.25) is 4.79 Å². The molecule has 0 atom stereocenters. The molecule has 4 nitrogen and oxygen atoms in total. The highest BCUT2D eigenvalue weighted by atomic mass is 16.3. The highest BCUT2D eigenvalue weighted by Gasteiger charge is 2.06. The van der Waals surface area contributed by atoms with Crippen molar-refractivity contribution >= 4 is 11.0 Å². The predicted octanol–water partition coefficient (Wildman–Crippen LogP) is 3.33. The molecule has 0 fully saturated rings. The van der Waals surface area contributed by atoms with Crippen LogP contribution < -0.4 is 11.6 Å². The van der Waals surface area contributed by atoms with Crippen LogP contribution in [0.4, 0.5) is 0 Å². The molecule has 0 aliphatic rings. The minimum absolute atomic E-state index is 0. The maximum atomic E-state index is 11.9. The van der Waals surface area contributed by atoms with E-state index >= 15 is 0 Å². The van der Waals surface area contributed by atoms with Crippen molar-refractivity contribution < 1.29 is 9.52 Å². The number of aromatic hydroxyl groups is 1. The minimum atomic E-state index is -0.116. The summed E-state index contributed by atoms with van der Waals surface area (Å²) in [4.78, 5) is 11.9. The van der Waals surface area contributed by atoms with Gasteiger partial charge in [-0.25, -0.2) is 0 Å². The Balaban J connectivity index is 0.00000133. The van der Waals surface area contributed by atoms with Crippen molar-refractivity contribution in [3.8, 4) is 17.1 Å². The zero-order chi connectivity index (χ0) is 12.5. The molecule has 1 heterocycles. The number of fused-ring (bicyclic) bond motifs is 1. The van der Waals surface area contributed by atoms with Crippen molar-refractivity contribution in [3.05, 3.63) is 64.8 Å². The van der Waals surface area contributed by atoms with Crippen LogP contribution in [0.2, 0.25) is 0 Å². The van der Waals surface area contributed by atoms with E-state index in [0.717, 1.165) is 5.56 Å². The zero-order valence-corrected chi connectivity index (χ0v) is 10.2. The van der Waals surface area contributed by atoms with Crippen molar-refractivity contribution in [3.63, 3.8) is 0 Å². The first-order valence-corrected chi connectivity index (χ1v) is 5.56. The van der Waals surface area contributed by atoms with Crippen LogP contribution in [0.15, 0.2) is 63.8 Å². The van der Waals surface area contributed by atoms with Gasteiger partial charge < -0.3 is 15.7 Å². The molecule has 0 bridgehead atoms. The standard InChI is InChI=1S/C15H10O3.H3N/c16-11-6-7-12-13(17)9-14(18-15(12)8-11)10-4-2-1-3-5-10;/h1-9,16H;1H3. The summed E-state index contributed by atoms with van der Waals surface area (Å²) in [6.45, 7) is 0. The molecule has 96 valence electrons. The number of phenols is 1. The summed E-state index contributed by atoms with van der Waals surface area (Å²) >= 11 is 0. The van der Waals surface area contributed by atoms with Gasteiger partial charge >= 0.3 is 0 Å². The van der Waals surface area contributed by atoms with Crippen LogP contribution >= 0.6 is 0 Å². The van der Waals surface area contributed by atoms with Crippen LogP contribution in [-0.4, -0.2) is 5.11 Å². The number of benzene rings is 2. The normalized spacial score (nSPS) is 10.1.